The van der Waals surface area contributed by atoms with Gasteiger partial charge >= 0.3 is 6.18 Å². The predicted molar refractivity (Wildman–Crippen MR) is 125 cm³/mol. The fourth-order valence-electron chi connectivity index (χ4n) is 4.22. The van der Waals surface area contributed by atoms with Crippen molar-refractivity contribution in [3.05, 3.63) is 59.5 Å². The molecule has 4 rings (SSSR count). The highest BCUT2D eigenvalue weighted by Crippen LogP contribution is 2.40. The number of nitrogens with one attached hydrogen (secondary N) is 1. The zero-order valence-corrected chi connectivity index (χ0v) is 20.2. The number of fused-ring (bicyclic) bond motifs is 1. The lowest BCUT2D eigenvalue weighted by Crippen LogP contribution is -2.29. The Morgan fingerprint density at radius 3 is 2.35 bits per heavy atom. The minimum atomic E-state index is -4.62. The monoisotopic (exact) mass is 496 g/mol. The third-order valence-corrected chi connectivity index (χ3v) is 7.84. The van der Waals surface area contributed by atoms with Crippen LogP contribution in [0, 0.1) is 11.2 Å². The molecule has 0 saturated heterocycles. The molecule has 1 aliphatic rings. The molecule has 0 bridgehead atoms. The number of hydrogen-bond donors (Lipinski definition) is 1. The molecule has 9 heteroatoms. The van der Waals surface area contributed by atoms with Crippen LogP contribution in [0.3, 0.4) is 0 Å². The second kappa shape index (κ2) is 8.68. The summed E-state index contributed by atoms with van der Waals surface area (Å²) < 4.78 is 84.8. The topological polar surface area (TPSA) is 51.1 Å². The van der Waals surface area contributed by atoms with Crippen molar-refractivity contribution in [1.82, 2.24) is 9.29 Å². The Labute approximate surface area is 197 Å². The standard InChI is InChI=1S/C25H28F4N2O2S/c1-24(2,3)15-31-14-16(10-11-30-34(32,33)17-8-9-17)19-12-22(26)20(13-23(19)31)18-6-4-5-7-21(18)25(27,28)29/h4-7,12-14,17,30H,8-11,15H2,1-3H3. The van der Waals surface area contributed by atoms with E-state index in [2.05, 4.69) is 4.72 Å². The molecule has 4 nitrogen and oxygen atoms in total. The average molecular weight is 497 g/mol. The quantitative estimate of drug-likeness (QED) is 0.400. The maximum Gasteiger partial charge on any atom is 0.417 e. The third-order valence-electron chi connectivity index (χ3n) is 5.88. The first-order chi connectivity index (χ1) is 15.8. The second-order valence-corrected chi connectivity index (χ2v) is 12.2. The van der Waals surface area contributed by atoms with Gasteiger partial charge in [-0.2, -0.15) is 13.2 Å². The molecule has 34 heavy (non-hydrogen) atoms. The number of sulfonamides is 1. The van der Waals surface area contributed by atoms with Gasteiger partial charge in [0.1, 0.15) is 5.82 Å². The summed E-state index contributed by atoms with van der Waals surface area (Å²) in [7, 11) is -3.34. The van der Waals surface area contributed by atoms with Crippen LogP contribution in [0.2, 0.25) is 0 Å². The van der Waals surface area contributed by atoms with Gasteiger partial charge in [-0.15, -0.1) is 0 Å². The third kappa shape index (κ3) is 5.30. The summed E-state index contributed by atoms with van der Waals surface area (Å²) in [6.07, 6.45) is -1.10. The zero-order chi connectivity index (χ0) is 24.9. The maximum atomic E-state index is 15.2. The van der Waals surface area contributed by atoms with E-state index in [9.17, 15) is 21.6 Å². The molecule has 1 fully saturated rings. The van der Waals surface area contributed by atoms with Crippen molar-refractivity contribution in [3.8, 4) is 11.1 Å². The van der Waals surface area contributed by atoms with Crippen molar-refractivity contribution >= 4 is 20.9 Å². The van der Waals surface area contributed by atoms with Crippen LogP contribution in [0.4, 0.5) is 17.6 Å². The second-order valence-electron chi connectivity index (χ2n) is 10.1. The smallest absolute Gasteiger partial charge is 0.347 e. The van der Waals surface area contributed by atoms with Gasteiger partial charge in [0.05, 0.1) is 10.8 Å². The molecule has 0 atom stereocenters. The molecule has 184 valence electrons. The van der Waals surface area contributed by atoms with Crippen LogP contribution in [0.1, 0.15) is 44.7 Å². The first-order valence-corrected chi connectivity index (χ1v) is 12.8. The van der Waals surface area contributed by atoms with E-state index in [4.69, 9.17) is 0 Å². The summed E-state index contributed by atoms with van der Waals surface area (Å²) in [5, 5.41) is 0.240. The van der Waals surface area contributed by atoms with Crippen LogP contribution >= 0.6 is 0 Å². The minimum Gasteiger partial charge on any atom is -0.347 e. The van der Waals surface area contributed by atoms with Crippen molar-refractivity contribution in [1.29, 1.82) is 0 Å². The first-order valence-electron chi connectivity index (χ1n) is 11.2. The summed E-state index contributed by atoms with van der Waals surface area (Å²) in [5.74, 6) is -0.752. The van der Waals surface area contributed by atoms with Crippen LogP contribution in [0.25, 0.3) is 22.0 Å². The molecule has 2 aromatic carbocycles. The van der Waals surface area contributed by atoms with Crippen LogP contribution < -0.4 is 4.72 Å². The molecule has 0 aliphatic heterocycles. The molecule has 3 aromatic rings. The van der Waals surface area contributed by atoms with Crippen molar-refractivity contribution in [3.63, 3.8) is 0 Å². The normalized spacial score (nSPS) is 15.3. The fourth-order valence-corrected chi connectivity index (χ4v) is 5.60. The molecule has 0 radical (unpaired) electrons. The number of nitrogens with zero attached hydrogens (tertiary/aromatic N) is 1. The number of alkyl halides is 3. The van der Waals surface area contributed by atoms with Gasteiger partial charge in [0.15, 0.2) is 0 Å². The SMILES string of the molecule is CC(C)(C)Cn1cc(CCNS(=O)(=O)C2CC2)c2cc(F)c(-c3ccccc3C(F)(F)F)cc21. The number of aromatic nitrogens is 1. The lowest BCUT2D eigenvalue weighted by atomic mass is 9.96. The van der Waals surface area contributed by atoms with E-state index in [1.165, 1.54) is 30.3 Å². The van der Waals surface area contributed by atoms with E-state index in [1.807, 2.05) is 31.5 Å². The summed E-state index contributed by atoms with van der Waals surface area (Å²) in [5.41, 5.74) is -0.00581. The molecule has 1 heterocycles. The Morgan fingerprint density at radius 2 is 1.74 bits per heavy atom. The average Bonchev–Trinajstić information content (AvgIpc) is 3.53. The predicted octanol–water partition coefficient (Wildman–Crippen LogP) is 6.14. The molecule has 1 N–H and O–H groups in total. The highest BCUT2D eigenvalue weighted by Gasteiger charge is 2.35. The summed E-state index contributed by atoms with van der Waals surface area (Å²) >= 11 is 0. The molecule has 0 unspecified atom stereocenters. The summed E-state index contributed by atoms with van der Waals surface area (Å²) in [6.45, 7) is 6.83. The molecule has 0 spiro atoms. The van der Waals surface area contributed by atoms with E-state index < -0.39 is 27.6 Å². The highest BCUT2D eigenvalue weighted by atomic mass is 32.2. The van der Waals surface area contributed by atoms with Crippen molar-refractivity contribution in [2.24, 2.45) is 5.41 Å². The Balaban J connectivity index is 1.77. The van der Waals surface area contributed by atoms with Crippen molar-refractivity contribution in [2.45, 2.75) is 58.0 Å². The van der Waals surface area contributed by atoms with E-state index >= 15 is 4.39 Å². The molecular weight excluding hydrogens is 468 g/mol. The largest absolute Gasteiger partial charge is 0.417 e. The van der Waals surface area contributed by atoms with Crippen LogP contribution in [0.15, 0.2) is 42.6 Å². The van der Waals surface area contributed by atoms with Crippen LogP contribution in [0.5, 0.6) is 0 Å². The number of rotatable bonds is 7. The molecule has 1 aromatic heterocycles. The van der Waals surface area contributed by atoms with Crippen LogP contribution in [-0.2, 0) is 29.2 Å². The highest BCUT2D eigenvalue weighted by molar-refractivity contribution is 7.90. The van der Waals surface area contributed by atoms with Crippen molar-refractivity contribution in [2.75, 3.05) is 6.54 Å². The Kier molecular flexibility index (Phi) is 6.31. The molecule has 0 amide bonds. The van der Waals surface area contributed by atoms with Gasteiger partial charge in [0.2, 0.25) is 10.0 Å². The van der Waals surface area contributed by atoms with E-state index in [-0.39, 0.29) is 28.3 Å². The zero-order valence-electron chi connectivity index (χ0n) is 19.3. The van der Waals surface area contributed by atoms with Gasteiger partial charge in [-0.3, -0.25) is 0 Å². The van der Waals surface area contributed by atoms with Gasteiger partial charge in [-0.05, 0) is 54.0 Å². The maximum absolute atomic E-state index is 15.2. The first kappa shape index (κ1) is 24.7. The lowest BCUT2D eigenvalue weighted by Gasteiger charge is -2.20. The molecular formula is C25H28F4N2O2S. The van der Waals surface area contributed by atoms with Gasteiger partial charge < -0.3 is 4.57 Å². The fraction of sp³-hybridized carbons (Fsp3) is 0.440. The summed E-state index contributed by atoms with van der Waals surface area (Å²) in [6, 6.07) is 7.70. The van der Waals surface area contributed by atoms with Gasteiger partial charge in [-0.25, -0.2) is 17.5 Å². The van der Waals surface area contributed by atoms with E-state index in [1.54, 1.807) is 0 Å². The number of hydrogen-bond acceptors (Lipinski definition) is 2. The van der Waals surface area contributed by atoms with Gasteiger partial charge in [0, 0.05) is 35.8 Å². The number of benzene rings is 2. The Bertz CT molecular complexity index is 1320. The summed E-state index contributed by atoms with van der Waals surface area (Å²) in [4.78, 5) is 0. The van der Waals surface area contributed by atoms with Crippen LogP contribution in [-0.4, -0.2) is 24.8 Å². The molecule has 1 saturated carbocycles. The molecule has 1 aliphatic carbocycles. The van der Waals surface area contributed by atoms with E-state index in [0.29, 0.717) is 36.7 Å². The Hall–Kier alpha value is -2.39. The Morgan fingerprint density at radius 1 is 1.06 bits per heavy atom. The van der Waals surface area contributed by atoms with Gasteiger partial charge in [0.25, 0.3) is 0 Å². The van der Waals surface area contributed by atoms with Crippen molar-refractivity contribution < 1.29 is 26.0 Å². The van der Waals surface area contributed by atoms with Gasteiger partial charge in [-0.1, -0.05) is 39.0 Å². The van der Waals surface area contributed by atoms with E-state index in [0.717, 1.165) is 11.6 Å². The lowest BCUT2D eigenvalue weighted by molar-refractivity contribution is -0.137. The number of halogens is 4. The minimum absolute atomic E-state index is 0.116.